The molecule has 1 atom stereocenters. The lowest BCUT2D eigenvalue weighted by molar-refractivity contribution is -0.138. The Bertz CT molecular complexity index is 1510. The molecule has 11 heteroatoms. The average molecular weight is 528 g/mol. The van der Waals surface area contributed by atoms with E-state index in [1.165, 1.54) is 11.4 Å². The molecule has 1 unspecified atom stereocenters. The van der Waals surface area contributed by atoms with E-state index < -0.39 is 12.6 Å². The second-order valence-corrected chi connectivity index (χ2v) is 9.54. The molecule has 1 aromatic carbocycles. The summed E-state index contributed by atoms with van der Waals surface area (Å²) in [4.78, 5) is 47.3. The predicted octanol–water partition coefficient (Wildman–Crippen LogP) is 2.06. The van der Waals surface area contributed by atoms with Gasteiger partial charge in [-0.15, -0.1) is 0 Å². The summed E-state index contributed by atoms with van der Waals surface area (Å²) in [6, 6.07) is 12.8. The number of anilines is 1. The third-order valence-electron chi connectivity index (χ3n) is 7.06. The van der Waals surface area contributed by atoms with Crippen LogP contribution in [0, 0.1) is 0 Å². The number of carbonyl (C=O) groups is 3. The van der Waals surface area contributed by atoms with Gasteiger partial charge in [-0.2, -0.15) is 9.61 Å². The molecule has 4 aromatic rings. The van der Waals surface area contributed by atoms with E-state index in [0.29, 0.717) is 43.6 Å². The summed E-state index contributed by atoms with van der Waals surface area (Å²) in [5.74, 6) is -0.637. The fraction of sp³-hybridized carbons (Fsp3) is 0.286. The highest BCUT2D eigenvalue weighted by Gasteiger charge is 2.31. The molecule has 200 valence electrons. The van der Waals surface area contributed by atoms with Gasteiger partial charge in [0, 0.05) is 48.8 Å². The molecule has 4 N–H and O–H groups in total. The first-order valence-electron chi connectivity index (χ1n) is 12.7. The molecule has 1 aliphatic heterocycles. The minimum atomic E-state index is -0.981. The van der Waals surface area contributed by atoms with Crippen LogP contribution in [0.2, 0.25) is 0 Å². The van der Waals surface area contributed by atoms with Crippen LogP contribution < -0.4 is 11.1 Å². The average Bonchev–Trinajstić information content (AvgIpc) is 3.40. The van der Waals surface area contributed by atoms with Gasteiger partial charge in [-0.3, -0.25) is 19.4 Å². The van der Waals surface area contributed by atoms with E-state index in [4.69, 9.17) is 10.7 Å². The van der Waals surface area contributed by atoms with Crippen molar-refractivity contribution < 1.29 is 19.5 Å². The number of rotatable bonds is 7. The lowest BCUT2D eigenvalue weighted by Gasteiger charge is -2.34. The first-order valence-corrected chi connectivity index (χ1v) is 12.7. The van der Waals surface area contributed by atoms with Crippen LogP contribution in [-0.4, -0.2) is 73.4 Å². The van der Waals surface area contributed by atoms with Gasteiger partial charge in [0.2, 0.25) is 11.8 Å². The summed E-state index contributed by atoms with van der Waals surface area (Å²) in [5, 5.41) is 16.4. The summed E-state index contributed by atoms with van der Waals surface area (Å²) in [6.45, 7) is 1.60. The summed E-state index contributed by atoms with van der Waals surface area (Å²) < 4.78 is 1.46. The Labute approximate surface area is 224 Å². The Morgan fingerprint density at radius 1 is 1.13 bits per heavy atom. The molecule has 3 aromatic heterocycles. The highest BCUT2D eigenvalue weighted by Crippen LogP contribution is 2.34. The standard InChI is InChI=1S/C28H29N7O4/c1-17(38)32-24(16-37)28(39)34-11-9-19(10-12-34)25-22(15-36)26(29)35-27(33-25)21(14-31-35)20-7-8-23(30-13-20)18-5-3-2-4-6-18/h2-8,13-15,19,24,37H,9-12,16,29H2,1H3,(H,32,38). The Balaban J connectivity index is 1.42. The molecule has 0 aliphatic carbocycles. The zero-order chi connectivity index (χ0) is 27.5. The van der Waals surface area contributed by atoms with E-state index in [9.17, 15) is 19.5 Å². The zero-order valence-electron chi connectivity index (χ0n) is 21.4. The quantitative estimate of drug-likeness (QED) is 0.308. The van der Waals surface area contributed by atoms with Crippen molar-refractivity contribution in [3.8, 4) is 22.4 Å². The minimum absolute atomic E-state index is 0.115. The topological polar surface area (TPSA) is 156 Å². The van der Waals surface area contributed by atoms with Crippen LogP contribution in [0.1, 0.15) is 41.7 Å². The molecular weight excluding hydrogens is 498 g/mol. The molecule has 2 amide bonds. The monoisotopic (exact) mass is 527 g/mol. The molecule has 0 radical (unpaired) electrons. The van der Waals surface area contributed by atoms with Gasteiger partial charge < -0.3 is 21.1 Å². The van der Waals surface area contributed by atoms with Gasteiger partial charge in [-0.1, -0.05) is 36.4 Å². The van der Waals surface area contributed by atoms with Crippen LogP contribution in [-0.2, 0) is 9.59 Å². The van der Waals surface area contributed by atoms with Gasteiger partial charge in [-0.05, 0) is 18.9 Å². The fourth-order valence-corrected chi connectivity index (χ4v) is 5.04. The second kappa shape index (κ2) is 11.0. The largest absolute Gasteiger partial charge is 0.394 e. The molecule has 39 heavy (non-hydrogen) atoms. The van der Waals surface area contributed by atoms with E-state index in [1.54, 1.807) is 17.3 Å². The van der Waals surface area contributed by atoms with E-state index in [2.05, 4.69) is 15.4 Å². The molecule has 4 heterocycles. The molecule has 0 bridgehead atoms. The van der Waals surface area contributed by atoms with E-state index >= 15 is 0 Å². The van der Waals surface area contributed by atoms with Crippen LogP contribution in [0.4, 0.5) is 5.82 Å². The number of likely N-dealkylation sites (tertiary alicyclic amines) is 1. The number of hydrogen-bond donors (Lipinski definition) is 3. The number of nitrogens with two attached hydrogens (primary N) is 1. The van der Waals surface area contributed by atoms with Gasteiger partial charge >= 0.3 is 0 Å². The van der Waals surface area contributed by atoms with Crippen molar-refractivity contribution >= 4 is 29.6 Å². The molecule has 11 nitrogen and oxygen atoms in total. The fourth-order valence-electron chi connectivity index (χ4n) is 5.04. The molecule has 5 rings (SSSR count). The number of aliphatic hydroxyl groups excluding tert-OH is 1. The van der Waals surface area contributed by atoms with Crippen LogP contribution in [0.3, 0.4) is 0 Å². The van der Waals surface area contributed by atoms with Crippen LogP contribution in [0.5, 0.6) is 0 Å². The Hall–Kier alpha value is -4.64. The number of fused-ring (bicyclic) bond motifs is 1. The van der Waals surface area contributed by atoms with Crippen molar-refractivity contribution in [2.45, 2.75) is 31.7 Å². The first-order chi connectivity index (χ1) is 18.9. The van der Waals surface area contributed by atoms with Crippen molar-refractivity contribution in [3.05, 3.63) is 66.1 Å². The maximum absolute atomic E-state index is 12.8. The Morgan fingerprint density at radius 2 is 1.87 bits per heavy atom. The molecule has 0 spiro atoms. The number of hydrogen-bond acceptors (Lipinski definition) is 8. The number of aldehydes is 1. The molecule has 1 aliphatic rings. The third kappa shape index (κ3) is 5.08. The first kappa shape index (κ1) is 26.0. The number of carbonyl (C=O) groups excluding carboxylic acids is 3. The SMILES string of the molecule is CC(=O)NC(CO)C(=O)N1CCC(c2nc3c(-c4ccc(-c5ccccc5)nc4)cnn3c(N)c2C=O)CC1. The number of nitrogen functional groups attached to an aromatic ring is 1. The normalized spacial score (nSPS) is 14.8. The third-order valence-corrected chi connectivity index (χ3v) is 7.06. The maximum atomic E-state index is 12.8. The van der Waals surface area contributed by atoms with E-state index in [1.807, 2.05) is 42.5 Å². The molecule has 0 saturated carbocycles. The van der Waals surface area contributed by atoms with Crippen molar-refractivity contribution in [2.24, 2.45) is 0 Å². The summed E-state index contributed by atoms with van der Waals surface area (Å²) >= 11 is 0. The Morgan fingerprint density at radius 3 is 2.49 bits per heavy atom. The number of nitrogens with zero attached hydrogens (tertiary/aromatic N) is 5. The highest BCUT2D eigenvalue weighted by atomic mass is 16.3. The van der Waals surface area contributed by atoms with E-state index in [-0.39, 0.29) is 29.1 Å². The van der Waals surface area contributed by atoms with Crippen molar-refractivity contribution in [2.75, 3.05) is 25.4 Å². The molecular formula is C28H29N7O4. The number of aromatic nitrogens is 4. The predicted molar refractivity (Wildman–Crippen MR) is 145 cm³/mol. The van der Waals surface area contributed by atoms with E-state index in [0.717, 1.165) is 22.4 Å². The van der Waals surface area contributed by atoms with Gasteiger partial charge in [0.1, 0.15) is 11.9 Å². The van der Waals surface area contributed by atoms with Crippen molar-refractivity contribution in [1.29, 1.82) is 0 Å². The van der Waals surface area contributed by atoms with Crippen molar-refractivity contribution in [1.82, 2.24) is 29.8 Å². The van der Waals surface area contributed by atoms with Gasteiger partial charge in [0.25, 0.3) is 0 Å². The lowest BCUT2D eigenvalue weighted by Crippen LogP contribution is -2.51. The number of amides is 2. The maximum Gasteiger partial charge on any atom is 0.247 e. The smallest absolute Gasteiger partial charge is 0.247 e. The van der Waals surface area contributed by atoms with Crippen molar-refractivity contribution in [3.63, 3.8) is 0 Å². The van der Waals surface area contributed by atoms with Gasteiger partial charge in [0.05, 0.1) is 29.8 Å². The lowest BCUT2D eigenvalue weighted by atomic mass is 9.90. The zero-order valence-corrected chi connectivity index (χ0v) is 21.4. The summed E-state index contributed by atoms with van der Waals surface area (Å²) in [5.41, 5.74) is 11.2. The number of aliphatic hydroxyl groups is 1. The number of benzene rings is 1. The number of nitrogens with one attached hydrogen (secondary N) is 1. The van der Waals surface area contributed by atoms with Crippen LogP contribution >= 0.6 is 0 Å². The van der Waals surface area contributed by atoms with Crippen LogP contribution in [0.15, 0.2) is 54.9 Å². The van der Waals surface area contributed by atoms with Crippen LogP contribution in [0.25, 0.3) is 28.0 Å². The second-order valence-electron chi connectivity index (χ2n) is 9.54. The highest BCUT2D eigenvalue weighted by molar-refractivity contribution is 5.88. The Kier molecular flexibility index (Phi) is 7.33. The van der Waals surface area contributed by atoms with Gasteiger partial charge in [-0.25, -0.2) is 4.98 Å². The minimum Gasteiger partial charge on any atom is -0.394 e. The van der Waals surface area contributed by atoms with Gasteiger partial charge in [0.15, 0.2) is 11.9 Å². The number of pyridine rings is 1. The summed E-state index contributed by atoms with van der Waals surface area (Å²) in [7, 11) is 0. The molecule has 1 fully saturated rings. The molecule has 1 saturated heterocycles. The number of piperidine rings is 1. The summed E-state index contributed by atoms with van der Waals surface area (Å²) in [6.07, 6.45) is 5.22.